The highest BCUT2D eigenvalue weighted by molar-refractivity contribution is 7.80. The predicted molar refractivity (Wildman–Crippen MR) is 101 cm³/mol. The predicted octanol–water partition coefficient (Wildman–Crippen LogP) is 3.22. The second-order valence-electron chi connectivity index (χ2n) is 5.02. The maximum absolute atomic E-state index is 5.82. The van der Waals surface area contributed by atoms with Crippen LogP contribution in [0, 0.1) is 0 Å². The van der Waals surface area contributed by atoms with E-state index in [1.54, 1.807) is 7.11 Å². The van der Waals surface area contributed by atoms with Crippen LogP contribution >= 0.6 is 12.2 Å². The Morgan fingerprint density at radius 3 is 2.58 bits per heavy atom. The molecule has 3 N–H and O–H groups in total. The SMILES string of the molecule is CC/C(=N/NC(N)=S)c1ccc(OCc2ccccc2)cc1OC. The van der Waals surface area contributed by atoms with Crippen molar-refractivity contribution >= 4 is 23.0 Å². The van der Waals surface area contributed by atoms with Gasteiger partial charge in [-0.2, -0.15) is 5.10 Å². The Labute approximate surface area is 147 Å². The molecule has 2 aromatic carbocycles. The van der Waals surface area contributed by atoms with Crippen LogP contribution in [0.3, 0.4) is 0 Å². The largest absolute Gasteiger partial charge is 0.496 e. The van der Waals surface area contributed by atoms with Crippen LogP contribution < -0.4 is 20.6 Å². The molecule has 0 heterocycles. The molecule has 0 amide bonds. The lowest BCUT2D eigenvalue weighted by atomic mass is 10.1. The number of methoxy groups -OCH3 is 1. The summed E-state index contributed by atoms with van der Waals surface area (Å²) in [5.74, 6) is 1.42. The van der Waals surface area contributed by atoms with Gasteiger partial charge < -0.3 is 15.2 Å². The lowest BCUT2D eigenvalue weighted by Gasteiger charge is -2.13. The highest BCUT2D eigenvalue weighted by Crippen LogP contribution is 2.26. The molecule has 0 spiro atoms. The molecule has 6 heteroatoms. The molecule has 0 aliphatic rings. The molecule has 24 heavy (non-hydrogen) atoms. The zero-order valence-corrected chi connectivity index (χ0v) is 14.6. The minimum Gasteiger partial charge on any atom is -0.496 e. The van der Waals surface area contributed by atoms with Gasteiger partial charge in [0.25, 0.3) is 0 Å². The summed E-state index contributed by atoms with van der Waals surface area (Å²) in [5, 5.41) is 4.35. The minimum atomic E-state index is 0.128. The molecule has 2 aromatic rings. The van der Waals surface area contributed by atoms with Crippen molar-refractivity contribution < 1.29 is 9.47 Å². The highest BCUT2D eigenvalue weighted by Gasteiger charge is 2.11. The third-order valence-corrected chi connectivity index (χ3v) is 3.46. The first kappa shape index (κ1) is 17.7. The summed E-state index contributed by atoms with van der Waals surface area (Å²) >= 11 is 4.78. The Bertz CT molecular complexity index is 717. The van der Waals surface area contributed by atoms with Crippen molar-refractivity contribution in [1.29, 1.82) is 0 Å². The van der Waals surface area contributed by atoms with Gasteiger partial charge in [-0.05, 0) is 36.3 Å². The summed E-state index contributed by atoms with van der Waals surface area (Å²) in [6, 6.07) is 15.7. The van der Waals surface area contributed by atoms with Crippen molar-refractivity contribution in [1.82, 2.24) is 5.43 Å². The van der Waals surface area contributed by atoms with Gasteiger partial charge >= 0.3 is 0 Å². The molecular formula is C18H21N3O2S. The first-order valence-electron chi connectivity index (χ1n) is 7.61. The van der Waals surface area contributed by atoms with E-state index in [4.69, 9.17) is 27.4 Å². The average Bonchev–Trinajstić information content (AvgIpc) is 2.61. The fourth-order valence-corrected chi connectivity index (χ4v) is 2.24. The molecular weight excluding hydrogens is 322 g/mol. The molecule has 0 aromatic heterocycles. The van der Waals surface area contributed by atoms with Gasteiger partial charge in [0.15, 0.2) is 5.11 Å². The Morgan fingerprint density at radius 2 is 1.96 bits per heavy atom. The van der Waals surface area contributed by atoms with Crippen LogP contribution in [-0.4, -0.2) is 17.9 Å². The van der Waals surface area contributed by atoms with Crippen LogP contribution in [0.2, 0.25) is 0 Å². The topological polar surface area (TPSA) is 68.9 Å². The van der Waals surface area contributed by atoms with E-state index in [-0.39, 0.29) is 5.11 Å². The van der Waals surface area contributed by atoms with E-state index >= 15 is 0 Å². The first-order valence-corrected chi connectivity index (χ1v) is 8.02. The number of nitrogens with zero attached hydrogens (tertiary/aromatic N) is 1. The molecule has 0 saturated carbocycles. The Hall–Kier alpha value is -2.60. The van der Waals surface area contributed by atoms with E-state index < -0.39 is 0 Å². The van der Waals surface area contributed by atoms with Crippen LogP contribution in [0.15, 0.2) is 53.6 Å². The standard InChI is InChI=1S/C18H21N3O2S/c1-3-16(20-21-18(19)24)15-10-9-14(11-17(15)22-2)23-12-13-7-5-4-6-8-13/h4-11H,3,12H2,1-2H3,(H3,19,21,24)/b20-16-. The monoisotopic (exact) mass is 343 g/mol. The molecule has 0 saturated heterocycles. The maximum Gasteiger partial charge on any atom is 0.184 e. The third kappa shape index (κ3) is 4.96. The first-order chi connectivity index (χ1) is 11.6. The molecule has 0 unspecified atom stereocenters. The molecule has 126 valence electrons. The third-order valence-electron chi connectivity index (χ3n) is 3.37. The zero-order valence-electron chi connectivity index (χ0n) is 13.8. The minimum absolute atomic E-state index is 0.128. The molecule has 0 radical (unpaired) electrons. The average molecular weight is 343 g/mol. The number of hydrogen-bond donors (Lipinski definition) is 2. The van der Waals surface area contributed by atoms with Crippen LogP contribution in [0.5, 0.6) is 11.5 Å². The van der Waals surface area contributed by atoms with E-state index in [0.29, 0.717) is 18.8 Å². The maximum atomic E-state index is 5.82. The quantitative estimate of drug-likeness (QED) is 0.459. The normalized spacial score (nSPS) is 11.0. The fourth-order valence-electron chi connectivity index (χ4n) is 2.19. The zero-order chi connectivity index (χ0) is 17.4. The van der Waals surface area contributed by atoms with Gasteiger partial charge in [-0.1, -0.05) is 37.3 Å². The molecule has 0 aliphatic carbocycles. The highest BCUT2D eigenvalue weighted by atomic mass is 32.1. The summed E-state index contributed by atoms with van der Waals surface area (Å²) < 4.78 is 11.3. The number of nitrogens with one attached hydrogen (secondary N) is 1. The van der Waals surface area contributed by atoms with Crippen molar-refractivity contribution in [2.45, 2.75) is 20.0 Å². The van der Waals surface area contributed by atoms with Crippen LogP contribution in [0.25, 0.3) is 0 Å². The van der Waals surface area contributed by atoms with E-state index in [1.165, 1.54) is 0 Å². The smallest absolute Gasteiger partial charge is 0.184 e. The van der Waals surface area contributed by atoms with E-state index in [2.05, 4.69) is 10.5 Å². The molecule has 0 bridgehead atoms. The summed E-state index contributed by atoms with van der Waals surface area (Å²) in [7, 11) is 1.62. The second-order valence-corrected chi connectivity index (χ2v) is 5.46. The fraction of sp³-hybridized carbons (Fsp3) is 0.222. The number of hydrazone groups is 1. The van der Waals surface area contributed by atoms with Gasteiger partial charge in [0, 0.05) is 11.6 Å². The van der Waals surface area contributed by atoms with Gasteiger partial charge in [-0.15, -0.1) is 0 Å². The molecule has 5 nitrogen and oxygen atoms in total. The molecule has 0 aliphatic heterocycles. The molecule has 2 rings (SSSR count). The number of benzene rings is 2. The van der Waals surface area contributed by atoms with Crippen molar-refractivity contribution in [3.05, 3.63) is 59.7 Å². The van der Waals surface area contributed by atoms with E-state index in [9.17, 15) is 0 Å². The number of thiocarbonyl (C=S) groups is 1. The van der Waals surface area contributed by atoms with Gasteiger partial charge in [-0.3, -0.25) is 5.43 Å². The molecule has 0 fully saturated rings. The van der Waals surface area contributed by atoms with Crippen molar-refractivity contribution in [3.63, 3.8) is 0 Å². The van der Waals surface area contributed by atoms with Gasteiger partial charge in [0.05, 0.1) is 12.8 Å². The summed E-state index contributed by atoms with van der Waals surface area (Å²) in [4.78, 5) is 0. The number of ether oxygens (including phenoxy) is 2. The summed E-state index contributed by atoms with van der Waals surface area (Å²) in [5.41, 5.74) is 10.8. The van der Waals surface area contributed by atoms with Gasteiger partial charge in [0.1, 0.15) is 18.1 Å². The lowest BCUT2D eigenvalue weighted by molar-refractivity contribution is 0.303. The van der Waals surface area contributed by atoms with Gasteiger partial charge in [0.2, 0.25) is 0 Å². The van der Waals surface area contributed by atoms with Crippen LogP contribution in [0.1, 0.15) is 24.5 Å². The summed E-state index contributed by atoms with van der Waals surface area (Å²) in [6.07, 6.45) is 0.705. The summed E-state index contributed by atoms with van der Waals surface area (Å²) in [6.45, 7) is 2.50. The van der Waals surface area contributed by atoms with Crippen LogP contribution in [-0.2, 0) is 6.61 Å². The Morgan fingerprint density at radius 1 is 1.21 bits per heavy atom. The van der Waals surface area contributed by atoms with Crippen molar-refractivity contribution in [2.75, 3.05) is 7.11 Å². The van der Waals surface area contributed by atoms with E-state index in [1.807, 2.05) is 55.5 Å². The Kier molecular flexibility index (Phi) is 6.57. The van der Waals surface area contributed by atoms with Crippen molar-refractivity contribution in [2.24, 2.45) is 10.8 Å². The number of rotatable bonds is 7. The second kappa shape index (κ2) is 8.88. The van der Waals surface area contributed by atoms with E-state index in [0.717, 1.165) is 22.6 Å². The number of nitrogens with two attached hydrogens (primary N) is 1. The number of hydrogen-bond acceptors (Lipinski definition) is 4. The Balaban J connectivity index is 2.17. The molecule has 0 atom stereocenters. The van der Waals surface area contributed by atoms with Crippen molar-refractivity contribution in [3.8, 4) is 11.5 Å². The van der Waals surface area contributed by atoms with Crippen LogP contribution in [0.4, 0.5) is 0 Å². The lowest BCUT2D eigenvalue weighted by Crippen LogP contribution is -2.25. The van der Waals surface area contributed by atoms with Gasteiger partial charge in [-0.25, -0.2) is 0 Å².